The Morgan fingerprint density at radius 2 is 1.88 bits per heavy atom. The first-order valence-electron chi connectivity index (χ1n) is 6.84. The summed E-state index contributed by atoms with van der Waals surface area (Å²) in [6, 6.07) is 1.46. The molecule has 0 fully saturated rings. The van der Waals surface area contributed by atoms with Crippen molar-refractivity contribution in [3.05, 3.63) is 15.8 Å². The zero-order chi connectivity index (χ0) is 18.8. The molecule has 0 unspecified atom stereocenters. The van der Waals surface area contributed by atoms with E-state index in [1.165, 1.54) is 6.07 Å². The second kappa shape index (κ2) is 7.63. The molecule has 2 heterocycles. The highest BCUT2D eigenvalue weighted by atomic mass is 35.5. The molecule has 0 amide bonds. The highest BCUT2D eigenvalue weighted by Crippen LogP contribution is 2.37. The molecule has 0 aliphatic rings. The van der Waals surface area contributed by atoms with Crippen molar-refractivity contribution in [2.75, 3.05) is 22.5 Å². The van der Waals surface area contributed by atoms with Crippen molar-refractivity contribution >= 4 is 66.2 Å². The van der Waals surface area contributed by atoms with E-state index in [1.54, 1.807) is 19.2 Å². The van der Waals surface area contributed by atoms with Crippen LogP contribution < -0.4 is 9.44 Å². The van der Waals surface area contributed by atoms with Crippen molar-refractivity contribution in [3.8, 4) is 5.75 Å². The van der Waals surface area contributed by atoms with Gasteiger partial charge in [-0.05, 0) is 23.0 Å². The molecule has 0 radical (unpaired) electrons. The van der Waals surface area contributed by atoms with E-state index >= 15 is 0 Å². The van der Waals surface area contributed by atoms with E-state index in [-0.39, 0.29) is 23.1 Å². The van der Waals surface area contributed by atoms with Gasteiger partial charge < -0.3 is 5.11 Å². The van der Waals surface area contributed by atoms with Gasteiger partial charge in [0.1, 0.15) is 4.34 Å². The molecule has 0 saturated heterocycles. The number of thiophene rings is 1. The lowest BCUT2D eigenvalue weighted by Gasteiger charge is -2.16. The first kappa shape index (κ1) is 20.2. The number of sulfonamides is 1. The van der Waals surface area contributed by atoms with Crippen LogP contribution in [0.5, 0.6) is 5.75 Å². The molecule has 3 N–H and O–H groups in total. The van der Waals surface area contributed by atoms with Gasteiger partial charge in [0.15, 0.2) is 15.8 Å². The Morgan fingerprint density at radius 1 is 1.24 bits per heavy atom. The van der Waals surface area contributed by atoms with Crippen LogP contribution in [0.2, 0.25) is 4.34 Å². The SMILES string of the molecule is CCN(CC)S(=O)(=O)c1snc(NS(=O)(=O)Nc2ccsc2Cl)c1O. The van der Waals surface area contributed by atoms with E-state index in [2.05, 4.69) is 9.10 Å². The minimum atomic E-state index is -4.17. The molecule has 0 aliphatic heterocycles. The zero-order valence-corrected chi connectivity index (χ0v) is 17.1. The van der Waals surface area contributed by atoms with Gasteiger partial charge in [-0.1, -0.05) is 25.4 Å². The van der Waals surface area contributed by atoms with E-state index in [1.807, 2.05) is 4.72 Å². The summed E-state index contributed by atoms with van der Waals surface area (Å²) < 4.78 is 57.8. The fourth-order valence-corrected chi connectivity index (χ4v) is 6.32. The minimum Gasteiger partial charge on any atom is -0.503 e. The zero-order valence-electron chi connectivity index (χ0n) is 13.1. The molecular weight excluding hydrogens is 432 g/mol. The molecule has 140 valence electrons. The minimum absolute atomic E-state index is 0.157. The summed E-state index contributed by atoms with van der Waals surface area (Å²) in [6.07, 6.45) is 0. The Hall–Kier alpha value is -1.12. The third-order valence-corrected chi connectivity index (χ3v) is 8.48. The predicted octanol–water partition coefficient (Wildman–Crippen LogP) is 2.36. The van der Waals surface area contributed by atoms with Crippen molar-refractivity contribution in [2.45, 2.75) is 18.1 Å². The quantitative estimate of drug-likeness (QED) is 0.570. The van der Waals surface area contributed by atoms with E-state index in [9.17, 15) is 21.9 Å². The van der Waals surface area contributed by atoms with Crippen LogP contribution in [0.4, 0.5) is 11.5 Å². The van der Waals surface area contributed by atoms with Gasteiger partial charge in [-0.2, -0.15) is 17.1 Å². The molecule has 25 heavy (non-hydrogen) atoms. The number of hydrogen-bond donors (Lipinski definition) is 3. The molecule has 0 bridgehead atoms. The third-order valence-electron chi connectivity index (χ3n) is 3.01. The average molecular weight is 447 g/mol. The number of aromatic nitrogens is 1. The lowest BCUT2D eigenvalue weighted by atomic mass is 10.6. The van der Waals surface area contributed by atoms with Crippen molar-refractivity contribution in [3.63, 3.8) is 0 Å². The van der Waals surface area contributed by atoms with Crippen molar-refractivity contribution in [1.29, 1.82) is 0 Å². The largest absolute Gasteiger partial charge is 0.503 e. The average Bonchev–Trinajstić information content (AvgIpc) is 3.07. The molecule has 9 nitrogen and oxygen atoms in total. The van der Waals surface area contributed by atoms with Crippen LogP contribution in [0.3, 0.4) is 0 Å². The van der Waals surface area contributed by atoms with Gasteiger partial charge in [-0.3, -0.25) is 4.72 Å². The number of nitrogens with one attached hydrogen (secondary N) is 2. The highest BCUT2D eigenvalue weighted by molar-refractivity contribution is 7.94. The standard InChI is InChI=1S/C11H15ClN4O5S4/c1-3-16(4-2)24(18,19)11-8(17)10(13-23-11)15-25(20,21)14-7-5-6-22-9(7)12/h5-6,14,17H,3-4H2,1-2H3,(H,13,15). The topological polar surface area (TPSA) is 129 Å². The summed E-state index contributed by atoms with van der Waals surface area (Å²) in [5.41, 5.74) is 0.157. The van der Waals surface area contributed by atoms with Crippen LogP contribution >= 0.6 is 34.5 Å². The summed E-state index contributed by atoms with van der Waals surface area (Å²) >= 11 is 7.45. The Bertz CT molecular complexity index is 949. The number of hydrogen-bond acceptors (Lipinski definition) is 8. The predicted molar refractivity (Wildman–Crippen MR) is 99.4 cm³/mol. The highest BCUT2D eigenvalue weighted by Gasteiger charge is 2.31. The number of halogens is 1. The number of aromatic hydroxyl groups is 1. The van der Waals surface area contributed by atoms with E-state index < -0.39 is 36.0 Å². The second-order valence-corrected chi connectivity index (χ2v) is 10.4. The Labute approximate surface area is 158 Å². The molecule has 0 spiro atoms. The molecule has 2 aromatic rings. The molecule has 0 atom stereocenters. The summed E-state index contributed by atoms with van der Waals surface area (Å²) in [6.45, 7) is 3.71. The van der Waals surface area contributed by atoms with Crippen molar-refractivity contribution < 1.29 is 21.9 Å². The van der Waals surface area contributed by atoms with E-state index in [0.717, 1.165) is 15.6 Å². The Morgan fingerprint density at radius 3 is 2.40 bits per heavy atom. The van der Waals surface area contributed by atoms with Crippen LogP contribution in [-0.4, -0.2) is 43.7 Å². The summed E-state index contributed by atoms with van der Waals surface area (Å²) in [4.78, 5) is 0. The Kier molecular flexibility index (Phi) is 6.17. The van der Waals surface area contributed by atoms with E-state index in [4.69, 9.17) is 11.6 Å². The van der Waals surface area contributed by atoms with Gasteiger partial charge in [0.2, 0.25) is 0 Å². The van der Waals surface area contributed by atoms with Gasteiger partial charge >= 0.3 is 10.2 Å². The summed E-state index contributed by atoms with van der Waals surface area (Å²) in [5, 5.41) is 11.7. The lowest BCUT2D eigenvalue weighted by Crippen LogP contribution is -2.30. The summed E-state index contributed by atoms with van der Waals surface area (Å²) in [5.74, 6) is -1.23. The van der Waals surface area contributed by atoms with Crippen molar-refractivity contribution in [1.82, 2.24) is 8.68 Å². The molecule has 2 rings (SSSR count). The first-order valence-corrected chi connectivity index (χ1v) is 11.8. The first-order chi connectivity index (χ1) is 11.6. The molecule has 0 aliphatic carbocycles. The molecule has 0 saturated carbocycles. The Balaban J connectivity index is 2.28. The van der Waals surface area contributed by atoms with Crippen LogP contribution in [0.15, 0.2) is 15.7 Å². The molecule has 14 heteroatoms. The van der Waals surface area contributed by atoms with Crippen LogP contribution in [0, 0.1) is 0 Å². The maximum atomic E-state index is 12.4. The summed E-state index contributed by atoms with van der Waals surface area (Å²) in [7, 11) is -8.13. The van der Waals surface area contributed by atoms with Gasteiger partial charge in [0, 0.05) is 13.1 Å². The fraction of sp³-hybridized carbons (Fsp3) is 0.364. The molecular formula is C11H15ClN4O5S4. The van der Waals surface area contributed by atoms with E-state index in [0.29, 0.717) is 11.5 Å². The maximum Gasteiger partial charge on any atom is 0.322 e. The van der Waals surface area contributed by atoms with Gasteiger partial charge in [0.05, 0.1) is 5.69 Å². The monoisotopic (exact) mass is 446 g/mol. The van der Waals surface area contributed by atoms with Crippen LogP contribution in [0.25, 0.3) is 0 Å². The lowest BCUT2D eigenvalue weighted by molar-refractivity contribution is 0.434. The molecule has 0 aromatic carbocycles. The normalized spacial score (nSPS) is 12.5. The number of rotatable bonds is 8. The van der Waals surface area contributed by atoms with Crippen LogP contribution in [0.1, 0.15) is 13.8 Å². The third kappa shape index (κ3) is 4.35. The fourth-order valence-electron chi connectivity index (χ4n) is 1.85. The van der Waals surface area contributed by atoms with Gasteiger partial charge in [0.25, 0.3) is 10.0 Å². The van der Waals surface area contributed by atoms with Crippen LogP contribution in [-0.2, 0) is 20.2 Å². The molecule has 2 aromatic heterocycles. The van der Waals surface area contributed by atoms with Gasteiger partial charge in [-0.15, -0.1) is 11.3 Å². The number of nitrogens with zero attached hydrogens (tertiary/aromatic N) is 2. The number of anilines is 2. The second-order valence-electron chi connectivity index (χ2n) is 4.57. The maximum absolute atomic E-state index is 12.4. The smallest absolute Gasteiger partial charge is 0.322 e. The van der Waals surface area contributed by atoms with Gasteiger partial charge in [-0.25, -0.2) is 13.1 Å². The van der Waals surface area contributed by atoms with Crippen molar-refractivity contribution in [2.24, 2.45) is 0 Å².